The van der Waals surface area contributed by atoms with Gasteiger partial charge in [-0.15, -0.1) is 0 Å². The van der Waals surface area contributed by atoms with E-state index in [0.29, 0.717) is 15.6 Å². The fraction of sp³-hybridized carbons (Fsp3) is 0.250. The van der Waals surface area contributed by atoms with Crippen LogP contribution in [0.4, 0.5) is 0 Å². The predicted molar refractivity (Wildman–Crippen MR) is 112 cm³/mol. The third kappa shape index (κ3) is 5.28. The molecule has 0 aliphatic heterocycles. The van der Waals surface area contributed by atoms with E-state index in [0.717, 1.165) is 29.9 Å². The van der Waals surface area contributed by atoms with Crippen LogP contribution in [-0.4, -0.2) is 27.7 Å². The first-order valence-corrected chi connectivity index (χ1v) is 9.66. The summed E-state index contributed by atoms with van der Waals surface area (Å²) in [6, 6.07) is 15.2. The molecule has 0 atom stereocenters. The van der Waals surface area contributed by atoms with E-state index in [-0.39, 0.29) is 0 Å². The summed E-state index contributed by atoms with van der Waals surface area (Å²) in [5.41, 5.74) is 1.82. The lowest BCUT2D eigenvalue weighted by atomic mass is 10.2. The lowest BCUT2D eigenvalue weighted by Gasteiger charge is -2.05. The van der Waals surface area contributed by atoms with E-state index < -0.39 is 0 Å². The molecule has 3 aromatic rings. The smallest absolute Gasteiger partial charge is 0.216 e. The number of hydrogen-bond donors (Lipinski definition) is 1. The lowest BCUT2D eigenvalue weighted by molar-refractivity contribution is 0.306. The van der Waals surface area contributed by atoms with Crippen molar-refractivity contribution in [2.45, 2.75) is 26.2 Å². The van der Waals surface area contributed by atoms with Crippen LogP contribution in [0.1, 0.15) is 31.7 Å². The van der Waals surface area contributed by atoms with Gasteiger partial charge in [0.1, 0.15) is 5.75 Å². The SMILES string of the molecule is CCCCCOc1ccc(C=Nn2c(-c3ccc(Cl)cc3)n[nH]c2=S)cc1. The Morgan fingerprint density at radius 3 is 2.59 bits per heavy atom. The molecular weight excluding hydrogens is 380 g/mol. The van der Waals surface area contributed by atoms with Crippen molar-refractivity contribution in [3.05, 3.63) is 63.9 Å². The Labute approximate surface area is 168 Å². The van der Waals surface area contributed by atoms with Gasteiger partial charge in [0.05, 0.1) is 12.8 Å². The Morgan fingerprint density at radius 2 is 1.89 bits per heavy atom. The van der Waals surface area contributed by atoms with Gasteiger partial charge in [0.25, 0.3) is 0 Å². The number of nitrogens with zero attached hydrogens (tertiary/aromatic N) is 3. The Bertz CT molecular complexity index is 945. The van der Waals surface area contributed by atoms with Gasteiger partial charge in [-0.1, -0.05) is 31.4 Å². The van der Waals surface area contributed by atoms with Crippen LogP contribution in [0.15, 0.2) is 53.6 Å². The van der Waals surface area contributed by atoms with Gasteiger partial charge >= 0.3 is 0 Å². The molecule has 0 amide bonds. The average molecular weight is 401 g/mol. The van der Waals surface area contributed by atoms with Gasteiger partial charge in [-0.3, -0.25) is 0 Å². The van der Waals surface area contributed by atoms with Gasteiger partial charge in [0.2, 0.25) is 4.77 Å². The minimum Gasteiger partial charge on any atom is -0.494 e. The summed E-state index contributed by atoms with van der Waals surface area (Å²) in [6.07, 6.45) is 5.19. The van der Waals surface area contributed by atoms with Crippen molar-refractivity contribution in [2.75, 3.05) is 6.61 Å². The first kappa shape index (κ1) is 19.3. The summed E-state index contributed by atoms with van der Waals surface area (Å²) in [5, 5.41) is 12.2. The van der Waals surface area contributed by atoms with Crippen LogP contribution in [-0.2, 0) is 0 Å². The molecule has 1 heterocycles. The molecule has 0 fully saturated rings. The number of H-pyrrole nitrogens is 1. The Kier molecular flexibility index (Phi) is 6.79. The van der Waals surface area contributed by atoms with E-state index in [1.54, 1.807) is 10.9 Å². The number of rotatable bonds is 8. The standard InChI is InChI=1S/C20H21ClN4OS/c1-2-3-4-13-26-18-11-5-15(6-12-18)14-22-25-19(23-24-20(25)27)16-7-9-17(21)10-8-16/h5-12,14H,2-4,13H2,1H3,(H,24,27). The van der Waals surface area contributed by atoms with Gasteiger partial charge in [-0.25, -0.2) is 5.10 Å². The summed E-state index contributed by atoms with van der Waals surface area (Å²) in [5.74, 6) is 1.49. The summed E-state index contributed by atoms with van der Waals surface area (Å²) in [4.78, 5) is 0. The number of aromatic nitrogens is 3. The summed E-state index contributed by atoms with van der Waals surface area (Å²) in [7, 11) is 0. The van der Waals surface area contributed by atoms with E-state index in [2.05, 4.69) is 22.2 Å². The van der Waals surface area contributed by atoms with Crippen molar-refractivity contribution in [3.8, 4) is 17.1 Å². The summed E-state index contributed by atoms with van der Waals surface area (Å²) in [6.45, 7) is 2.93. The fourth-order valence-electron chi connectivity index (χ4n) is 2.50. The maximum absolute atomic E-state index is 5.95. The second kappa shape index (κ2) is 9.48. The molecule has 2 aromatic carbocycles. The highest BCUT2D eigenvalue weighted by molar-refractivity contribution is 7.71. The fourth-order valence-corrected chi connectivity index (χ4v) is 2.81. The van der Waals surface area contributed by atoms with Crippen molar-refractivity contribution in [1.29, 1.82) is 0 Å². The zero-order valence-electron chi connectivity index (χ0n) is 15.1. The van der Waals surface area contributed by atoms with Gasteiger partial charge < -0.3 is 4.74 Å². The van der Waals surface area contributed by atoms with Crippen LogP contribution in [0.3, 0.4) is 0 Å². The molecule has 0 spiro atoms. The molecule has 1 N–H and O–H groups in total. The van der Waals surface area contributed by atoms with Gasteiger partial charge in [0.15, 0.2) is 5.82 Å². The number of benzene rings is 2. The maximum Gasteiger partial charge on any atom is 0.216 e. The van der Waals surface area contributed by atoms with E-state index in [1.165, 1.54) is 12.8 Å². The van der Waals surface area contributed by atoms with Crippen molar-refractivity contribution >= 4 is 30.0 Å². The molecular formula is C20H21ClN4OS. The predicted octanol–water partition coefficient (Wildman–Crippen LogP) is 5.71. The van der Waals surface area contributed by atoms with E-state index >= 15 is 0 Å². The second-order valence-electron chi connectivity index (χ2n) is 6.04. The van der Waals surface area contributed by atoms with Crippen molar-refractivity contribution in [3.63, 3.8) is 0 Å². The van der Waals surface area contributed by atoms with Crippen LogP contribution in [0.5, 0.6) is 5.75 Å². The molecule has 0 unspecified atom stereocenters. The largest absolute Gasteiger partial charge is 0.494 e. The third-order valence-electron chi connectivity index (χ3n) is 3.97. The Balaban J connectivity index is 1.72. The zero-order valence-corrected chi connectivity index (χ0v) is 16.6. The van der Waals surface area contributed by atoms with E-state index in [4.69, 9.17) is 28.6 Å². The van der Waals surface area contributed by atoms with Crippen LogP contribution in [0.2, 0.25) is 5.02 Å². The Morgan fingerprint density at radius 1 is 1.15 bits per heavy atom. The summed E-state index contributed by atoms with van der Waals surface area (Å²) < 4.78 is 7.74. The third-order valence-corrected chi connectivity index (χ3v) is 4.49. The normalized spacial score (nSPS) is 11.2. The minimum absolute atomic E-state index is 0.423. The number of halogens is 1. The molecule has 140 valence electrons. The first-order chi connectivity index (χ1) is 13.2. The highest BCUT2D eigenvalue weighted by Crippen LogP contribution is 2.20. The number of ether oxygens (including phenoxy) is 1. The maximum atomic E-state index is 5.95. The van der Waals surface area contributed by atoms with Gasteiger partial charge in [0, 0.05) is 10.6 Å². The number of aromatic amines is 1. The molecule has 27 heavy (non-hydrogen) atoms. The number of nitrogens with one attached hydrogen (secondary N) is 1. The molecule has 0 radical (unpaired) electrons. The molecule has 1 aromatic heterocycles. The zero-order chi connectivity index (χ0) is 19.1. The van der Waals surface area contributed by atoms with Crippen molar-refractivity contribution in [2.24, 2.45) is 5.10 Å². The van der Waals surface area contributed by atoms with E-state index in [9.17, 15) is 0 Å². The topological polar surface area (TPSA) is 55.2 Å². The molecule has 0 aliphatic rings. The second-order valence-corrected chi connectivity index (χ2v) is 6.86. The van der Waals surface area contributed by atoms with Crippen LogP contribution < -0.4 is 4.74 Å². The molecule has 0 saturated heterocycles. The summed E-state index contributed by atoms with van der Waals surface area (Å²) >= 11 is 11.2. The number of unbranched alkanes of at least 4 members (excludes halogenated alkanes) is 2. The molecule has 3 rings (SSSR count). The quantitative estimate of drug-likeness (QED) is 0.299. The number of hydrogen-bond acceptors (Lipinski definition) is 4. The van der Waals surface area contributed by atoms with Crippen molar-refractivity contribution in [1.82, 2.24) is 14.9 Å². The minimum atomic E-state index is 0.423. The molecule has 5 nitrogen and oxygen atoms in total. The van der Waals surface area contributed by atoms with E-state index in [1.807, 2.05) is 48.5 Å². The van der Waals surface area contributed by atoms with Gasteiger partial charge in [-0.05, 0) is 72.7 Å². The first-order valence-electron chi connectivity index (χ1n) is 8.88. The van der Waals surface area contributed by atoms with Crippen LogP contribution in [0.25, 0.3) is 11.4 Å². The van der Waals surface area contributed by atoms with Crippen LogP contribution >= 0.6 is 23.8 Å². The monoisotopic (exact) mass is 400 g/mol. The van der Waals surface area contributed by atoms with Crippen LogP contribution in [0, 0.1) is 4.77 Å². The molecule has 0 bridgehead atoms. The lowest BCUT2D eigenvalue weighted by Crippen LogP contribution is -1.97. The Hall–Kier alpha value is -2.44. The molecule has 7 heteroatoms. The highest BCUT2D eigenvalue weighted by atomic mass is 35.5. The average Bonchev–Trinajstić information content (AvgIpc) is 3.06. The van der Waals surface area contributed by atoms with Gasteiger partial charge in [-0.2, -0.15) is 14.9 Å². The van der Waals surface area contributed by atoms with Crippen molar-refractivity contribution < 1.29 is 4.74 Å². The molecule has 0 aliphatic carbocycles. The highest BCUT2D eigenvalue weighted by Gasteiger charge is 2.07. The molecule has 0 saturated carbocycles.